The van der Waals surface area contributed by atoms with Gasteiger partial charge in [0, 0.05) is 0 Å². The topological polar surface area (TPSA) is 72.8 Å². The van der Waals surface area contributed by atoms with Crippen LogP contribution in [0.3, 0.4) is 0 Å². The molecule has 0 saturated heterocycles. The number of hydrogen-bond acceptors (Lipinski definition) is 5. The van der Waals surface area contributed by atoms with Gasteiger partial charge in [0.15, 0.2) is 5.60 Å². The Kier molecular flexibility index (Phi) is 5.74. The molecule has 92 valence electrons. The van der Waals surface area contributed by atoms with Crippen molar-refractivity contribution in [2.24, 2.45) is 5.92 Å². The standard InChI is InChI=1S/C11H18O5/c1-5-8(9(12)15-6-2)11(4,14)10(13)16-7-3/h5,8,14H,1,6-7H2,2-4H3. The van der Waals surface area contributed by atoms with Crippen molar-refractivity contribution in [3.05, 3.63) is 12.7 Å². The van der Waals surface area contributed by atoms with Crippen LogP contribution in [0.2, 0.25) is 0 Å². The summed E-state index contributed by atoms with van der Waals surface area (Å²) in [4.78, 5) is 22.9. The molecule has 5 heteroatoms. The van der Waals surface area contributed by atoms with Gasteiger partial charge in [-0.2, -0.15) is 0 Å². The summed E-state index contributed by atoms with van der Waals surface area (Å²) in [5.41, 5.74) is -1.95. The van der Waals surface area contributed by atoms with Gasteiger partial charge in [0.1, 0.15) is 5.92 Å². The molecule has 0 aromatic rings. The zero-order chi connectivity index (χ0) is 12.8. The highest BCUT2D eigenvalue weighted by Gasteiger charge is 2.44. The van der Waals surface area contributed by atoms with E-state index in [-0.39, 0.29) is 13.2 Å². The Balaban J connectivity index is 4.85. The first-order chi connectivity index (χ1) is 7.41. The van der Waals surface area contributed by atoms with Crippen LogP contribution in [0.25, 0.3) is 0 Å². The minimum Gasteiger partial charge on any atom is -0.465 e. The fraction of sp³-hybridized carbons (Fsp3) is 0.636. The Hall–Kier alpha value is -1.36. The molecule has 1 N–H and O–H groups in total. The van der Waals surface area contributed by atoms with Crippen LogP contribution in [0.4, 0.5) is 0 Å². The highest BCUT2D eigenvalue weighted by atomic mass is 16.6. The number of rotatable bonds is 6. The number of ether oxygens (including phenoxy) is 2. The molecule has 0 aliphatic heterocycles. The third kappa shape index (κ3) is 3.34. The predicted molar refractivity (Wildman–Crippen MR) is 57.6 cm³/mol. The van der Waals surface area contributed by atoms with Crippen molar-refractivity contribution in [3.63, 3.8) is 0 Å². The summed E-state index contributed by atoms with van der Waals surface area (Å²) in [6.45, 7) is 8.15. The van der Waals surface area contributed by atoms with Crippen molar-refractivity contribution in [1.82, 2.24) is 0 Å². The Morgan fingerprint density at radius 3 is 2.25 bits per heavy atom. The third-order valence-corrected chi connectivity index (χ3v) is 2.07. The molecule has 0 bridgehead atoms. The quantitative estimate of drug-likeness (QED) is 0.536. The molecule has 0 radical (unpaired) electrons. The number of carbonyl (C=O) groups is 2. The lowest BCUT2D eigenvalue weighted by atomic mass is 9.89. The molecule has 0 amide bonds. The van der Waals surface area contributed by atoms with Gasteiger partial charge < -0.3 is 14.6 Å². The van der Waals surface area contributed by atoms with Gasteiger partial charge in [0.25, 0.3) is 0 Å². The second-order valence-corrected chi connectivity index (χ2v) is 3.33. The Morgan fingerprint density at radius 2 is 1.88 bits per heavy atom. The van der Waals surface area contributed by atoms with Gasteiger partial charge in [0.2, 0.25) is 0 Å². The van der Waals surface area contributed by atoms with Crippen LogP contribution in [0, 0.1) is 5.92 Å². The Morgan fingerprint density at radius 1 is 1.38 bits per heavy atom. The maximum atomic E-state index is 11.5. The van der Waals surface area contributed by atoms with Crippen LogP contribution in [0.15, 0.2) is 12.7 Å². The molecule has 2 atom stereocenters. The molecule has 0 fully saturated rings. The van der Waals surface area contributed by atoms with Gasteiger partial charge in [-0.1, -0.05) is 6.08 Å². The lowest BCUT2D eigenvalue weighted by Crippen LogP contribution is -2.47. The second kappa shape index (κ2) is 6.27. The summed E-state index contributed by atoms with van der Waals surface area (Å²) in [5.74, 6) is -2.70. The van der Waals surface area contributed by atoms with Crippen LogP contribution in [0.1, 0.15) is 20.8 Å². The molecule has 0 heterocycles. The summed E-state index contributed by atoms with van der Waals surface area (Å²) in [7, 11) is 0. The molecule has 0 aliphatic rings. The molecule has 0 rings (SSSR count). The fourth-order valence-corrected chi connectivity index (χ4v) is 1.19. The van der Waals surface area contributed by atoms with Crippen LogP contribution < -0.4 is 0 Å². The van der Waals surface area contributed by atoms with E-state index < -0.39 is 23.5 Å². The molecular formula is C11H18O5. The van der Waals surface area contributed by atoms with E-state index in [2.05, 4.69) is 11.3 Å². The summed E-state index contributed by atoms with van der Waals surface area (Å²) < 4.78 is 9.40. The molecule has 16 heavy (non-hydrogen) atoms. The second-order valence-electron chi connectivity index (χ2n) is 3.33. The molecule has 5 nitrogen and oxygen atoms in total. The highest BCUT2D eigenvalue weighted by molar-refractivity contribution is 5.88. The largest absolute Gasteiger partial charge is 0.465 e. The molecule has 0 aliphatic carbocycles. The van der Waals surface area contributed by atoms with Gasteiger partial charge >= 0.3 is 11.9 Å². The van der Waals surface area contributed by atoms with Gasteiger partial charge in [0.05, 0.1) is 13.2 Å². The van der Waals surface area contributed by atoms with E-state index in [4.69, 9.17) is 4.74 Å². The molecule has 0 saturated carbocycles. The number of hydrogen-bond donors (Lipinski definition) is 1. The fourth-order valence-electron chi connectivity index (χ4n) is 1.19. The van der Waals surface area contributed by atoms with Crippen LogP contribution in [-0.2, 0) is 19.1 Å². The van der Waals surface area contributed by atoms with Crippen molar-refractivity contribution >= 4 is 11.9 Å². The van der Waals surface area contributed by atoms with Gasteiger partial charge in [-0.05, 0) is 20.8 Å². The van der Waals surface area contributed by atoms with Crippen molar-refractivity contribution < 1.29 is 24.2 Å². The zero-order valence-electron chi connectivity index (χ0n) is 9.86. The van der Waals surface area contributed by atoms with E-state index in [0.717, 1.165) is 0 Å². The van der Waals surface area contributed by atoms with Crippen LogP contribution in [-0.4, -0.2) is 35.9 Å². The monoisotopic (exact) mass is 230 g/mol. The number of carbonyl (C=O) groups excluding carboxylic acids is 2. The van der Waals surface area contributed by atoms with Gasteiger partial charge in [-0.3, -0.25) is 4.79 Å². The molecule has 2 unspecified atom stereocenters. The minimum absolute atomic E-state index is 0.127. The van der Waals surface area contributed by atoms with Gasteiger partial charge in [-0.15, -0.1) is 6.58 Å². The third-order valence-electron chi connectivity index (χ3n) is 2.07. The lowest BCUT2D eigenvalue weighted by Gasteiger charge is -2.26. The predicted octanol–water partition coefficient (Wildman–Crippen LogP) is 0.666. The lowest BCUT2D eigenvalue weighted by molar-refractivity contribution is -0.175. The first-order valence-corrected chi connectivity index (χ1v) is 5.10. The van der Waals surface area contributed by atoms with E-state index in [1.54, 1.807) is 13.8 Å². The van der Waals surface area contributed by atoms with E-state index in [1.165, 1.54) is 13.0 Å². The smallest absolute Gasteiger partial charge is 0.339 e. The summed E-state index contributed by atoms with van der Waals surface area (Å²) in [6, 6.07) is 0. The normalized spacial score (nSPS) is 15.8. The number of aliphatic hydroxyl groups is 1. The summed E-state index contributed by atoms with van der Waals surface area (Å²) in [6.07, 6.45) is 1.18. The van der Waals surface area contributed by atoms with Crippen LogP contribution >= 0.6 is 0 Å². The van der Waals surface area contributed by atoms with Crippen molar-refractivity contribution in [2.75, 3.05) is 13.2 Å². The van der Waals surface area contributed by atoms with E-state index in [1.807, 2.05) is 0 Å². The van der Waals surface area contributed by atoms with Crippen molar-refractivity contribution in [1.29, 1.82) is 0 Å². The van der Waals surface area contributed by atoms with Crippen LogP contribution in [0.5, 0.6) is 0 Å². The van der Waals surface area contributed by atoms with E-state index in [9.17, 15) is 14.7 Å². The average Bonchev–Trinajstić information content (AvgIpc) is 2.19. The molecular weight excluding hydrogens is 212 g/mol. The Bertz CT molecular complexity index is 270. The maximum Gasteiger partial charge on any atom is 0.339 e. The van der Waals surface area contributed by atoms with E-state index >= 15 is 0 Å². The number of esters is 2. The minimum atomic E-state index is -1.95. The zero-order valence-corrected chi connectivity index (χ0v) is 9.86. The molecule has 0 aromatic carbocycles. The van der Waals surface area contributed by atoms with Crippen molar-refractivity contribution in [3.8, 4) is 0 Å². The van der Waals surface area contributed by atoms with E-state index in [0.29, 0.717) is 0 Å². The van der Waals surface area contributed by atoms with Gasteiger partial charge in [-0.25, -0.2) is 4.79 Å². The maximum absolute atomic E-state index is 11.5. The SMILES string of the molecule is C=CC(C(=O)OCC)C(C)(O)C(=O)OCC. The first kappa shape index (κ1) is 14.6. The summed E-state index contributed by atoms with van der Waals surface area (Å²) in [5, 5.41) is 9.92. The first-order valence-electron chi connectivity index (χ1n) is 5.10. The Labute approximate surface area is 95.0 Å². The summed E-state index contributed by atoms with van der Waals surface area (Å²) >= 11 is 0. The van der Waals surface area contributed by atoms with Crippen molar-refractivity contribution in [2.45, 2.75) is 26.4 Å². The highest BCUT2D eigenvalue weighted by Crippen LogP contribution is 2.21. The molecule has 0 aromatic heterocycles. The average molecular weight is 230 g/mol. The molecule has 0 spiro atoms.